The van der Waals surface area contributed by atoms with Crippen molar-refractivity contribution in [1.82, 2.24) is 0 Å². The normalized spacial score (nSPS) is 12.0. The van der Waals surface area contributed by atoms with Gasteiger partial charge in [-0.15, -0.1) is 56.7 Å². The van der Waals surface area contributed by atoms with Crippen molar-refractivity contribution >= 4 is 209 Å². The van der Waals surface area contributed by atoms with E-state index >= 15 is 0 Å². The lowest BCUT2D eigenvalue weighted by Crippen LogP contribution is -1.73. The number of furan rings is 1. The molecule has 18 rings (SSSR count). The van der Waals surface area contributed by atoms with Crippen LogP contribution < -0.4 is 0 Å². The molecule has 0 spiro atoms. The minimum atomic E-state index is -0.0526. The van der Waals surface area contributed by atoms with Crippen molar-refractivity contribution in [3.63, 3.8) is 0 Å². The summed E-state index contributed by atoms with van der Waals surface area (Å²) in [5, 5.41) is 13.7. The van der Waals surface area contributed by atoms with Crippen LogP contribution >= 0.6 is 88.1 Å². The van der Waals surface area contributed by atoms with Crippen molar-refractivity contribution < 1.29 is 4.42 Å². The van der Waals surface area contributed by atoms with Gasteiger partial charge in [-0.3, -0.25) is 0 Å². The second-order valence-corrected chi connectivity index (χ2v) is 32.0. The van der Waals surface area contributed by atoms with Gasteiger partial charge in [0.2, 0.25) is 0 Å². The van der Waals surface area contributed by atoms with Gasteiger partial charge in [0.1, 0.15) is 9.40 Å². The van der Waals surface area contributed by atoms with Crippen LogP contribution in [0, 0.1) is 22.3 Å². The molecule has 1 nitrogen and oxygen atoms in total. The highest BCUT2D eigenvalue weighted by Gasteiger charge is 2.30. The van der Waals surface area contributed by atoms with E-state index in [9.17, 15) is 0 Å². The van der Waals surface area contributed by atoms with Gasteiger partial charge in [-0.25, -0.2) is 0 Å². The molecule has 2 atom stereocenters. The summed E-state index contributed by atoms with van der Waals surface area (Å²) in [6.07, 6.45) is 5.15. The molecule has 0 aliphatic heterocycles. The molecule has 9 heterocycles. The zero-order valence-electron chi connectivity index (χ0n) is 47.6. The summed E-state index contributed by atoms with van der Waals surface area (Å²) in [5.74, 6) is 0. The van der Waals surface area contributed by atoms with Crippen LogP contribution in [-0.4, -0.2) is 0 Å². The molecular formula is C75H60OS8. The van der Waals surface area contributed by atoms with Crippen LogP contribution in [0.3, 0.4) is 0 Å². The lowest BCUT2D eigenvalue weighted by Gasteiger charge is -1.97. The second kappa shape index (κ2) is 22.8. The maximum absolute atomic E-state index is 5.78. The lowest BCUT2D eigenvalue weighted by atomic mass is 10.0. The van der Waals surface area contributed by atoms with Gasteiger partial charge in [-0.1, -0.05) is 124 Å². The zero-order valence-corrected chi connectivity index (χ0v) is 54.1. The van der Waals surface area contributed by atoms with Crippen molar-refractivity contribution in [2.24, 2.45) is 0 Å². The Kier molecular flexibility index (Phi) is 15.2. The Balaban J connectivity index is 0.000000116. The average Bonchev–Trinajstić information content (AvgIpc) is 1.82. The van der Waals surface area contributed by atoms with Crippen molar-refractivity contribution in [3.05, 3.63) is 255 Å². The third-order valence-corrected chi connectivity index (χ3v) is 29.1. The fourth-order valence-corrected chi connectivity index (χ4v) is 25.6. The Labute approximate surface area is 518 Å². The van der Waals surface area contributed by atoms with Crippen LogP contribution in [0.2, 0.25) is 0 Å². The first-order valence-corrected chi connectivity index (χ1v) is 35.4. The number of fused-ring (bicyclic) bond motifs is 17. The van der Waals surface area contributed by atoms with E-state index in [2.05, 4.69) is 233 Å². The molecule has 18 aromatic rings. The Morgan fingerprint density at radius 1 is 0.298 bits per heavy atom. The highest BCUT2D eigenvalue weighted by atomic mass is 32.2. The zero-order chi connectivity index (χ0) is 53.9. The topological polar surface area (TPSA) is 13.1 Å². The highest BCUT2D eigenvalue weighted by molar-refractivity contribution is 7.53. The first-order valence-electron chi connectivity index (χ1n) is 27.6. The van der Waals surface area contributed by atoms with Gasteiger partial charge in [0.05, 0.1) is 26.4 Å². The minimum Gasteiger partial charge on any atom is -0.463 e. The maximum Gasteiger partial charge on any atom is 0.198 e. The van der Waals surface area contributed by atoms with Gasteiger partial charge in [-0.05, 0) is 114 Å². The van der Waals surface area contributed by atoms with Crippen molar-refractivity contribution in [2.45, 2.75) is 40.0 Å². The lowest BCUT2D eigenvalue weighted by molar-refractivity contribution is 0.619. The van der Waals surface area contributed by atoms with E-state index in [0.29, 0.717) is 0 Å². The predicted molar refractivity (Wildman–Crippen MR) is 390 cm³/mol. The number of aryl methyl sites for hydroxylation is 3. The number of hydrogen-bond acceptors (Lipinski definition) is 6. The molecule has 9 aromatic carbocycles. The molecule has 0 aliphatic carbocycles. The van der Waals surface area contributed by atoms with Gasteiger partial charge in [0.15, 0.2) is 48.5 Å². The molecule has 414 valence electrons. The van der Waals surface area contributed by atoms with E-state index < -0.39 is 0 Å². The average molecular weight is 1230 g/mol. The van der Waals surface area contributed by atoms with Gasteiger partial charge >= 0.3 is 0 Å². The molecule has 0 N–H and O–H groups in total. The number of rotatable bonds is 6. The van der Waals surface area contributed by atoms with Gasteiger partial charge in [0.25, 0.3) is 0 Å². The summed E-state index contributed by atoms with van der Waals surface area (Å²) in [4.78, 5) is 8.71. The highest BCUT2D eigenvalue weighted by Crippen LogP contribution is 2.56. The molecule has 84 heavy (non-hydrogen) atoms. The number of hydrogen-bond donors (Lipinski definition) is 0. The van der Waals surface area contributed by atoms with E-state index in [0.717, 1.165) is 24.8 Å². The smallest absolute Gasteiger partial charge is 0.198 e. The third-order valence-electron chi connectivity index (χ3n) is 15.7. The van der Waals surface area contributed by atoms with Crippen molar-refractivity contribution in [1.29, 1.82) is 0 Å². The summed E-state index contributed by atoms with van der Waals surface area (Å²) in [6.45, 7) is 6.77. The number of benzene rings is 9. The fourth-order valence-electron chi connectivity index (χ4n) is 11.9. The molecule has 0 amide bonds. The summed E-state index contributed by atoms with van der Waals surface area (Å²) in [6, 6.07) is 79.2. The molecule has 2 unspecified atom stereocenters. The fraction of sp³-hybridized carbons (Fsp3) is 0.0800. The van der Waals surface area contributed by atoms with Crippen molar-refractivity contribution in [2.75, 3.05) is 0 Å². The Bertz CT molecular complexity index is 5320. The van der Waals surface area contributed by atoms with Crippen molar-refractivity contribution in [3.8, 4) is 14.7 Å². The van der Waals surface area contributed by atoms with Crippen LogP contribution in [0.4, 0.5) is 0 Å². The van der Waals surface area contributed by atoms with E-state index in [1.54, 1.807) is 6.26 Å². The summed E-state index contributed by atoms with van der Waals surface area (Å²) in [5.41, 5.74) is 1.04. The van der Waals surface area contributed by atoms with E-state index in [4.69, 9.17) is 4.42 Å². The Hall–Kier alpha value is -7.02. The van der Waals surface area contributed by atoms with Crippen LogP contribution in [-0.2, 0) is 19.3 Å². The van der Waals surface area contributed by atoms with E-state index in [1.807, 2.05) is 56.7 Å². The Morgan fingerprint density at radius 2 is 0.679 bits per heavy atom. The van der Waals surface area contributed by atoms with Gasteiger partial charge < -0.3 is 26.7 Å². The molecule has 0 aliphatic rings. The van der Waals surface area contributed by atoms with Gasteiger partial charge in [0, 0.05) is 118 Å². The second-order valence-electron chi connectivity index (χ2n) is 20.5. The minimum absolute atomic E-state index is 0. The molecule has 0 saturated carbocycles. The van der Waals surface area contributed by atoms with Crippen LogP contribution in [0.5, 0.6) is 0 Å². The molecule has 0 radical (unpaired) electrons. The first-order chi connectivity index (χ1) is 40.0. The quantitative estimate of drug-likeness (QED) is 0.119. The molecule has 0 saturated heterocycles. The number of thiophene rings is 8. The first kappa shape index (κ1) is 56.1. The molecule has 0 bridgehead atoms. The van der Waals surface area contributed by atoms with E-state index in [1.165, 1.54) is 144 Å². The van der Waals surface area contributed by atoms with Crippen LogP contribution in [0.15, 0.2) is 223 Å². The molecular weight excluding hydrogens is 1170 g/mol. The van der Waals surface area contributed by atoms with Crippen LogP contribution in [0.25, 0.3) is 135 Å². The standard InChI is InChI=1S/C26H17S.C24H19S4.C22H15OS3.3CH3/c1-2-12-22(13-3-1)27-25-16-20-10-6-4-8-18(20)14-23(25)24-15-19-9-5-7-11-21(19)17-26(24)27;1-3-14-10-20-23(25-14)17-13-21-18(12-19(17)27-20)24-22(11-15(4-2)26-24)28(21)16-8-6-5-7-9-16;1-2-13-10-20-22(24-13)16-11-18-15(21-17(25-18)8-9-23-21)12-19(16)26(20)14-6-4-3-5-7-14;;;/h1-17H;5-13H,3-4H2,1-2H3;3-12H,2H2,1H3;3*1H3/q3*+1;3*-1. The third kappa shape index (κ3) is 9.22. The Morgan fingerprint density at radius 3 is 1.15 bits per heavy atom. The van der Waals surface area contributed by atoms with Crippen LogP contribution in [0.1, 0.15) is 35.4 Å². The summed E-state index contributed by atoms with van der Waals surface area (Å²) < 4.78 is 24.6. The summed E-state index contributed by atoms with van der Waals surface area (Å²) >= 11 is 9.75. The van der Waals surface area contributed by atoms with E-state index in [-0.39, 0.29) is 53.7 Å². The maximum atomic E-state index is 5.78. The largest absolute Gasteiger partial charge is 0.463 e. The molecule has 9 heteroatoms. The molecule has 0 fully saturated rings. The SMILES string of the molecule is CCc1cc2c(s1)c1cc3sc4ccoc4c3cc1[s+]2-c1ccccc1.CCc1cc2sc3cc4c5sc(CC)cc5[s+](-c5ccccc5)c4cc3c2s1.[CH3-].[CH3-].[CH3-].c1ccc(-[s+]2c3cc4ccccc4cc3c3cc4ccccc4cc32)cc1. The monoisotopic (exact) mass is 1230 g/mol. The summed E-state index contributed by atoms with van der Waals surface area (Å²) in [7, 11) is -0.0512. The predicted octanol–water partition coefficient (Wildman–Crippen LogP) is 27.1. The van der Waals surface area contributed by atoms with Gasteiger partial charge in [-0.2, -0.15) is 0 Å². The molecule has 9 aromatic heterocycles.